The number of anilines is 1. The molecule has 68 valence electrons. The first-order valence-corrected chi connectivity index (χ1v) is 5.35. The molecular weight excluding hydrogens is 178 g/mol. The normalized spacial score (nSPS) is 11.8. The van der Waals surface area contributed by atoms with E-state index in [4.69, 9.17) is 6.42 Å². The van der Waals surface area contributed by atoms with Crippen LogP contribution in [0.15, 0.2) is 29.2 Å². The number of benzene rings is 1. The van der Waals surface area contributed by atoms with E-state index < -0.39 is 0 Å². The molecule has 1 unspecified atom stereocenters. The molecule has 0 radical (unpaired) electrons. The van der Waals surface area contributed by atoms with Crippen molar-refractivity contribution in [1.82, 2.24) is 0 Å². The third-order valence-corrected chi connectivity index (χ3v) is 2.43. The summed E-state index contributed by atoms with van der Waals surface area (Å²) in [6, 6.07) is 8.30. The molecule has 0 fully saturated rings. The molecule has 1 atom stereocenters. The van der Waals surface area contributed by atoms with Gasteiger partial charge in [-0.2, -0.15) is 0 Å². The Morgan fingerprint density at radius 1 is 1.54 bits per heavy atom. The molecule has 1 aromatic carbocycles. The summed E-state index contributed by atoms with van der Waals surface area (Å²) in [7, 11) is 0. The molecule has 1 N–H and O–H groups in total. The number of terminal acetylenes is 1. The van der Waals surface area contributed by atoms with Crippen LogP contribution in [0.4, 0.5) is 5.69 Å². The lowest BCUT2D eigenvalue weighted by molar-refractivity contribution is 1.03. The van der Waals surface area contributed by atoms with E-state index in [-0.39, 0.29) is 6.04 Å². The van der Waals surface area contributed by atoms with Crippen LogP contribution < -0.4 is 5.32 Å². The minimum Gasteiger partial charge on any atom is -0.372 e. The van der Waals surface area contributed by atoms with E-state index in [0.29, 0.717) is 0 Å². The van der Waals surface area contributed by atoms with Crippen molar-refractivity contribution in [3.8, 4) is 12.3 Å². The average Bonchev–Trinajstić information content (AvgIpc) is 2.18. The summed E-state index contributed by atoms with van der Waals surface area (Å²) in [5, 5.41) is 3.22. The van der Waals surface area contributed by atoms with Crippen molar-refractivity contribution >= 4 is 17.4 Å². The molecule has 0 aliphatic heterocycles. The van der Waals surface area contributed by atoms with Gasteiger partial charge in [0.25, 0.3) is 0 Å². The van der Waals surface area contributed by atoms with Crippen molar-refractivity contribution in [2.75, 3.05) is 11.6 Å². The highest BCUT2D eigenvalue weighted by Crippen LogP contribution is 2.19. The van der Waals surface area contributed by atoms with Crippen molar-refractivity contribution in [3.05, 3.63) is 24.3 Å². The zero-order valence-electron chi connectivity index (χ0n) is 7.87. The van der Waals surface area contributed by atoms with E-state index in [1.807, 2.05) is 19.1 Å². The summed E-state index contributed by atoms with van der Waals surface area (Å²) in [6.07, 6.45) is 7.33. The minimum absolute atomic E-state index is 0.0807. The Morgan fingerprint density at radius 3 is 2.92 bits per heavy atom. The third kappa shape index (κ3) is 3.04. The summed E-state index contributed by atoms with van der Waals surface area (Å²) in [5.74, 6) is 2.63. The zero-order valence-corrected chi connectivity index (χ0v) is 8.69. The fourth-order valence-electron chi connectivity index (χ4n) is 1.00. The summed E-state index contributed by atoms with van der Waals surface area (Å²) >= 11 is 1.73. The molecule has 0 saturated carbocycles. The molecule has 0 heterocycles. The molecule has 0 aromatic heterocycles. The van der Waals surface area contributed by atoms with Gasteiger partial charge >= 0.3 is 0 Å². The Bertz CT molecular complexity index is 314. The Balaban J connectivity index is 2.73. The second-order valence-corrected chi connectivity index (χ2v) is 3.64. The monoisotopic (exact) mass is 191 g/mol. The smallest absolute Gasteiger partial charge is 0.0845 e. The number of hydrogen-bond donors (Lipinski definition) is 1. The highest BCUT2D eigenvalue weighted by atomic mass is 32.2. The van der Waals surface area contributed by atoms with Crippen LogP contribution in [0.5, 0.6) is 0 Å². The van der Waals surface area contributed by atoms with Crippen LogP contribution in [0.3, 0.4) is 0 Å². The molecule has 0 spiro atoms. The van der Waals surface area contributed by atoms with Gasteiger partial charge in [-0.25, -0.2) is 0 Å². The van der Waals surface area contributed by atoms with Crippen LogP contribution in [-0.2, 0) is 0 Å². The van der Waals surface area contributed by atoms with Crippen LogP contribution >= 0.6 is 11.8 Å². The van der Waals surface area contributed by atoms with Crippen LogP contribution in [0.1, 0.15) is 6.92 Å². The van der Waals surface area contributed by atoms with E-state index >= 15 is 0 Å². The van der Waals surface area contributed by atoms with E-state index in [2.05, 4.69) is 29.6 Å². The summed E-state index contributed by atoms with van der Waals surface area (Å²) in [5.41, 5.74) is 1.08. The Hall–Kier alpha value is -1.07. The van der Waals surface area contributed by atoms with Gasteiger partial charge in [-0.15, -0.1) is 18.2 Å². The largest absolute Gasteiger partial charge is 0.372 e. The van der Waals surface area contributed by atoms with Crippen molar-refractivity contribution in [1.29, 1.82) is 0 Å². The fourth-order valence-corrected chi connectivity index (χ4v) is 1.46. The van der Waals surface area contributed by atoms with Gasteiger partial charge in [0.2, 0.25) is 0 Å². The molecular formula is C11H13NS. The second-order valence-electron chi connectivity index (χ2n) is 2.76. The number of rotatable bonds is 3. The standard InChI is InChI=1S/C11H13NS/c1-4-9(2)12-10-6-5-7-11(8-10)13-3/h1,5-9,12H,2-3H3. The highest BCUT2D eigenvalue weighted by Gasteiger charge is 1.97. The van der Waals surface area contributed by atoms with Gasteiger partial charge in [0.1, 0.15) is 0 Å². The van der Waals surface area contributed by atoms with Gasteiger partial charge in [-0.3, -0.25) is 0 Å². The van der Waals surface area contributed by atoms with Gasteiger partial charge in [-0.05, 0) is 31.4 Å². The summed E-state index contributed by atoms with van der Waals surface area (Å²) in [6.45, 7) is 1.96. The molecule has 1 nitrogen and oxygen atoms in total. The molecule has 0 aliphatic carbocycles. The molecule has 0 aliphatic rings. The predicted octanol–water partition coefficient (Wildman–Crippen LogP) is 2.84. The Labute approximate surface area is 83.9 Å². The number of thioether (sulfide) groups is 1. The maximum Gasteiger partial charge on any atom is 0.0845 e. The molecule has 0 amide bonds. The van der Waals surface area contributed by atoms with Crippen molar-refractivity contribution in [2.45, 2.75) is 17.9 Å². The van der Waals surface area contributed by atoms with E-state index in [1.165, 1.54) is 4.90 Å². The van der Waals surface area contributed by atoms with Crippen LogP contribution in [0.25, 0.3) is 0 Å². The van der Waals surface area contributed by atoms with Gasteiger partial charge in [-0.1, -0.05) is 12.0 Å². The maximum absolute atomic E-state index is 5.27. The summed E-state index contributed by atoms with van der Waals surface area (Å²) < 4.78 is 0. The molecule has 0 bridgehead atoms. The first-order valence-electron chi connectivity index (χ1n) is 4.13. The SMILES string of the molecule is C#CC(C)Nc1cccc(SC)c1. The van der Waals surface area contributed by atoms with Crippen LogP contribution in [0, 0.1) is 12.3 Å². The lowest BCUT2D eigenvalue weighted by atomic mass is 10.3. The van der Waals surface area contributed by atoms with Crippen LogP contribution in [-0.4, -0.2) is 12.3 Å². The molecule has 1 aromatic rings. The van der Waals surface area contributed by atoms with E-state index in [1.54, 1.807) is 11.8 Å². The molecule has 0 saturated heterocycles. The van der Waals surface area contributed by atoms with E-state index in [9.17, 15) is 0 Å². The Kier molecular flexibility index (Phi) is 3.72. The number of nitrogens with one attached hydrogen (secondary N) is 1. The molecule has 1 rings (SSSR count). The highest BCUT2D eigenvalue weighted by molar-refractivity contribution is 7.98. The predicted molar refractivity (Wildman–Crippen MR) is 60.1 cm³/mol. The number of hydrogen-bond acceptors (Lipinski definition) is 2. The maximum atomic E-state index is 5.27. The first kappa shape index (κ1) is 10.0. The van der Waals surface area contributed by atoms with Gasteiger partial charge < -0.3 is 5.32 Å². The molecule has 13 heavy (non-hydrogen) atoms. The zero-order chi connectivity index (χ0) is 9.68. The van der Waals surface area contributed by atoms with Crippen molar-refractivity contribution in [3.63, 3.8) is 0 Å². The quantitative estimate of drug-likeness (QED) is 0.582. The van der Waals surface area contributed by atoms with Gasteiger partial charge in [0, 0.05) is 10.6 Å². The second kappa shape index (κ2) is 4.84. The topological polar surface area (TPSA) is 12.0 Å². The first-order chi connectivity index (χ1) is 6.26. The minimum atomic E-state index is 0.0807. The van der Waals surface area contributed by atoms with Crippen molar-refractivity contribution < 1.29 is 0 Å². The molecule has 2 heteroatoms. The Morgan fingerprint density at radius 2 is 2.31 bits per heavy atom. The third-order valence-electron chi connectivity index (χ3n) is 1.70. The van der Waals surface area contributed by atoms with Crippen LogP contribution in [0.2, 0.25) is 0 Å². The van der Waals surface area contributed by atoms with Gasteiger partial charge in [0.15, 0.2) is 0 Å². The van der Waals surface area contributed by atoms with Gasteiger partial charge in [0.05, 0.1) is 6.04 Å². The lowest BCUT2D eigenvalue weighted by Crippen LogP contribution is -2.11. The van der Waals surface area contributed by atoms with E-state index in [0.717, 1.165) is 5.69 Å². The lowest BCUT2D eigenvalue weighted by Gasteiger charge is -2.09. The summed E-state index contributed by atoms with van der Waals surface area (Å²) in [4.78, 5) is 1.24. The van der Waals surface area contributed by atoms with Crippen molar-refractivity contribution in [2.24, 2.45) is 0 Å². The fraction of sp³-hybridized carbons (Fsp3) is 0.273. The average molecular weight is 191 g/mol.